The summed E-state index contributed by atoms with van der Waals surface area (Å²) in [6.45, 7) is 0.668. The van der Waals surface area contributed by atoms with E-state index in [1.54, 1.807) is 0 Å². The molecule has 0 aromatic carbocycles. The second-order valence-electron chi connectivity index (χ2n) is 3.42. The molecule has 0 saturated heterocycles. The molecule has 3 nitrogen and oxygen atoms in total. The molecule has 0 rings (SSSR count). The lowest BCUT2D eigenvalue weighted by atomic mass is 10.2. The fourth-order valence-electron chi connectivity index (χ4n) is 1.15. The topological polar surface area (TPSA) is 46.5 Å². The SMILES string of the molecule is C#CCCCCOC(=O)CCCCCO. The Hall–Kier alpha value is -1.01. The van der Waals surface area contributed by atoms with Gasteiger partial charge in [-0.1, -0.05) is 6.42 Å². The van der Waals surface area contributed by atoms with Crippen LogP contribution in [0, 0.1) is 12.3 Å². The van der Waals surface area contributed by atoms with Crippen molar-refractivity contribution in [2.75, 3.05) is 13.2 Å². The van der Waals surface area contributed by atoms with Crippen molar-refractivity contribution in [1.82, 2.24) is 0 Å². The first kappa shape index (κ1) is 14.0. The number of carbonyl (C=O) groups is 1. The van der Waals surface area contributed by atoms with E-state index >= 15 is 0 Å². The van der Waals surface area contributed by atoms with Crippen LogP contribution in [0.2, 0.25) is 0 Å². The molecule has 0 aliphatic carbocycles. The number of hydrogen-bond acceptors (Lipinski definition) is 3. The molecule has 0 aromatic rings. The molecular formula is C12H20O3. The molecule has 86 valence electrons. The molecule has 0 heterocycles. The molecule has 0 aromatic heterocycles. The summed E-state index contributed by atoms with van der Waals surface area (Å²) in [5.41, 5.74) is 0. The molecule has 3 heteroatoms. The Morgan fingerprint density at radius 1 is 1.20 bits per heavy atom. The predicted molar refractivity (Wildman–Crippen MR) is 59.2 cm³/mol. The Kier molecular flexibility index (Phi) is 10.3. The van der Waals surface area contributed by atoms with Gasteiger partial charge in [-0.2, -0.15) is 0 Å². The van der Waals surface area contributed by atoms with Gasteiger partial charge in [0.1, 0.15) is 0 Å². The minimum atomic E-state index is -0.145. The zero-order chi connectivity index (χ0) is 11.4. The number of esters is 1. The molecule has 0 amide bonds. The van der Waals surface area contributed by atoms with Gasteiger partial charge in [0.15, 0.2) is 0 Å². The highest BCUT2D eigenvalue weighted by Crippen LogP contribution is 2.02. The fraction of sp³-hybridized carbons (Fsp3) is 0.750. The summed E-state index contributed by atoms with van der Waals surface area (Å²) in [5, 5.41) is 8.52. The average molecular weight is 212 g/mol. The molecule has 1 N–H and O–H groups in total. The van der Waals surface area contributed by atoms with Gasteiger partial charge in [0, 0.05) is 19.4 Å². The van der Waals surface area contributed by atoms with Crippen LogP contribution in [-0.2, 0) is 9.53 Å². The fourth-order valence-corrected chi connectivity index (χ4v) is 1.15. The zero-order valence-electron chi connectivity index (χ0n) is 9.21. The summed E-state index contributed by atoms with van der Waals surface area (Å²) < 4.78 is 5.00. The van der Waals surface area contributed by atoms with E-state index in [0.29, 0.717) is 13.0 Å². The number of aliphatic hydroxyl groups is 1. The van der Waals surface area contributed by atoms with E-state index < -0.39 is 0 Å². The van der Waals surface area contributed by atoms with E-state index in [4.69, 9.17) is 16.3 Å². The van der Waals surface area contributed by atoms with E-state index in [1.807, 2.05) is 0 Å². The Morgan fingerprint density at radius 3 is 2.67 bits per heavy atom. The summed E-state index contributed by atoms with van der Waals surface area (Å²) in [6, 6.07) is 0. The van der Waals surface area contributed by atoms with Gasteiger partial charge >= 0.3 is 5.97 Å². The first-order valence-corrected chi connectivity index (χ1v) is 5.51. The van der Waals surface area contributed by atoms with Crippen molar-refractivity contribution in [3.05, 3.63) is 0 Å². The van der Waals surface area contributed by atoms with Crippen LogP contribution in [0.5, 0.6) is 0 Å². The molecule has 0 saturated carbocycles. The molecule has 0 bridgehead atoms. The number of ether oxygens (including phenoxy) is 1. The maximum Gasteiger partial charge on any atom is 0.305 e. The third kappa shape index (κ3) is 10.9. The van der Waals surface area contributed by atoms with Crippen molar-refractivity contribution in [2.24, 2.45) is 0 Å². The lowest BCUT2D eigenvalue weighted by Gasteiger charge is -2.03. The Labute approximate surface area is 91.8 Å². The van der Waals surface area contributed by atoms with Gasteiger partial charge < -0.3 is 9.84 Å². The summed E-state index contributed by atoms with van der Waals surface area (Å²) in [7, 11) is 0. The molecule has 0 spiro atoms. The van der Waals surface area contributed by atoms with Crippen molar-refractivity contribution in [1.29, 1.82) is 0 Å². The van der Waals surface area contributed by atoms with Crippen LogP contribution in [0.3, 0.4) is 0 Å². The minimum absolute atomic E-state index is 0.145. The van der Waals surface area contributed by atoms with Gasteiger partial charge in [0.2, 0.25) is 0 Å². The summed E-state index contributed by atoms with van der Waals surface area (Å²) in [5.74, 6) is 2.40. The van der Waals surface area contributed by atoms with Crippen molar-refractivity contribution < 1.29 is 14.6 Å². The van der Waals surface area contributed by atoms with E-state index in [2.05, 4.69) is 5.92 Å². The Bertz CT molecular complexity index is 194. The van der Waals surface area contributed by atoms with Gasteiger partial charge in [0.05, 0.1) is 6.61 Å². The number of unbranched alkanes of at least 4 members (excludes halogenated alkanes) is 4. The van der Waals surface area contributed by atoms with E-state index in [9.17, 15) is 4.79 Å². The van der Waals surface area contributed by atoms with E-state index in [1.165, 1.54) is 0 Å². The largest absolute Gasteiger partial charge is 0.466 e. The monoisotopic (exact) mass is 212 g/mol. The quantitative estimate of drug-likeness (QED) is 0.360. The van der Waals surface area contributed by atoms with E-state index in [0.717, 1.165) is 38.5 Å². The predicted octanol–water partition coefficient (Wildman–Crippen LogP) is 1.89. The third-order valence-corrected chi connectivity index (χ3v) is 2.02. The van der Waals surface area contributed by atoms with Crippen LogP contribution < -0.4 is 0 Å². The lowest BCUT2D eigenvalue weighted by Crippen LogP contribution is -2.05. The van der Waals surface area contributed by atoms with Gasteiger partial charge in [-0.3, -0.25) is 4.79 Å². The second-order valence-corrected chi connectivity index (χ2v) is 3.42. The number of carbonyl (C=O) groups excluding carboxylic acids is 1. The van der Waals surface area contributed by atoms with Crippen molar-refractivity contribution in [3.8, 4) is 12.3 Å². The first-order chi connectivity index (χ1) is 7.31. The maximum absolute atomic E-state index is 11.1. The van der Waals surface area contributed by atoms with Gasteiger partial charge in [-0.25, -0.2) is 0 Å². The lowest BCUT2D eigenvalue weighted by molar-refractivity contribution is -0.143. The van der Waals surface area contributed by atoms with Crippen LogP contribution in [-0.4, -0.2) is 24.3 Å². The highest BCUT2D eigenvalue weighted by Gasteiger charge is 2.01. The molecule has 0 fully saturated rings. The summed E-state index contributed by atoms with van der Waals surface area (Å²) in [6.07, 6.45) is 10.5. The number of terminal acetylenes is 1. The maximum atomic E-state index is 11.1. The standard InChI is InChI=1S/C12H20O3/c1-2-3-4-8-11-15-12(14)9-6-5-7-10-13/h1,13H,3-11H2. The minimum Gasteiger partial charge on any atom is -0.466 e. The summed E-state index contributed by atoms with van der Waals surface area (Å²) >= 11 is 0. The number of hydrogen-bond donors (Lipinski definition) is 1. The molecule has 0 atom stereocenters. The molecular weight excluding hydrogens is 192 g/mol. The van der Waals surface area contributed by atoms with Crippen LogP contribution in [0.1, 0.15) is 44.9 Å². The van der Waals surface area contributed by atoms with Gasteiger partial charge in [0.25, 0.3) is 0 Å². The van der Waals surface area contributed by atoms with Crippen LogP contribution in [0.25, 0.3) is 0 Å². The molecule has 0 aliphatic heterocycles. The first-order valence-electron chi connectivity index (χ1n) is 5.51. The van der Waals surface area contributed by atoms with Crippen LogP contribution in [0.4, 0.5) is 0 Å². The molecule has 0 aliphatic rings. The number of aliphatic hydroxyl groups excluding tert-OH is 1. The summed E-state index contributed by atoms with van der Waals surface area (Å²) in [4.78, 5) is 11.1. The number of rotatable bonds is 9. The highest BCUT2D eigenvalue weighted by molar-refractivity contribution is 5.69. The van der Waals surface area contributed by atoms with Crippen molar-refractivity contribution in [3.63, 3.8) is 0 Å². The molecule has 15 heavy (non-hydrogen) atoms. The smallest absolute Gasteiger partial charge is 0.305 e. The van der Waals surface area contributed by atoms with Crippen molar-refractivity contribution >= 4 is 5.97 Å². The Morgan fingerprint density at radius 2 is 2.00 bits per heavy atom. The second kappa shape index (κ2) is 11.1. The molecule has 0 unspecified atom stereocenters. The average Bonchev–Trinajstić information content (AvgIpc) is 2.24. The zero-order valence-corrected chi connectivity index (χ0v) is 9.21. The van der Waals surface area contributed by atoms with Gasteiger partial charge in [-0.15, -0.1) is 12.3 Å². The Balaban J connectivity index is 3.16. The third-order valence-electron chi connectivity index (χ3n) is 2.02. The van der Waals surface area contributed by atoms with Crippen LogP contribution in [0.15, 0.2) is 0 Å². The van der Waals surface area contributed by atoms with Crippen LogP contribution >= 0.6 is 0 Å². The normalized spacial score (nSPS) is 9.60. The van der Waals surface area contributed by atoms with Crippen molar-refractivity contribution in [2.45, 2.75) is 44.9 Å². The highest BCUT2D eigenvalue weighted by atomic mass is 16.5. The van der Waals surface area contributed by atoms with E-state index in [-0.39, 0.29) is 12.6 Å². The molecule has 0 radical (unpaired) electrons. The van der Waals surface area contributed by atoms with Gasteiger partial charge in [-0.05, 0) is 25.7 Å².